The van der Waals surface area contributed by atoms with E-state index >= 15 is 0 Å². The standard InChI is InChI=1S/C22H31N5O4/c1-15-14-18(30-25-15)17-8-7-13-27(17)20(29)10-9-19-23-21(26-31-19)22(24-16(2)28)11-5-3-4-6-12-22/h14,17H,3-13H2,1-2H3,(H,24,28). The first kappa shape index (κ1) is 21.5. The minimum absolute atomic E-state index is 0.0438. The molecule has 1 unspecified atom stereocenters. The van der Waals surface area contributed by atoms with Crippen LogP contribution in [0.15, 0.2) is 15.1 Å². The van der Waals surface area contributed by atoms with Crippen molar-refractivity contribution < 1.29 is 18.6 Å². The Morgan fingerprint density at radius 3 is 2.61 bits per heavy atom. The summed E-state index contributed by atoms with van der Waals surface area (Å²) in [5.74, 6) is 1.66. The fourth-order valence-corrected chi connectivity index (χ4v) is 4.88. The van der Waals surface area contributed by atoms with Gasteiger partial charge in [0.1, 0.15) is 5.54 Å². The summed E-state index contributed by atoms with van der Waals surface area (Å²) in [5, 5.41) is 11.2. The van der Waals surface area contributed by atoms with Crippen molar-refractivity contribution in [2.45, 2.75) is 89.6 Å². The monoisotopic (exact) mass is 429 g/mol. The molecule has 2 aliphatic rings. The number of rotatable bonds is 6. The van der Waals surface area contributed by atoms with Crippen molar-refractivity contribution in [1.82, 2.24) is 25.5 Å². The normalized spacial score (nSPS) is 21.1. The molecule has 0 radical (unpaired) electrons. The molecule has 9 nitrogen and oxygen atoms in total. The molecule has 0 aromatic carbocycles. The number of hydrogen-bond donors (Lipinski definition) is 1. The molecule has 2 amide bonds. The van der Waals surface area contributed by atoms with E-state index in [0.29, 0.717) is 31.1 Å². The van der Waals surface area contributed by atoms with E-state index in [1.54, 1.807) is 0 Å². The van der Waals surface area contributed by atoms with Gasteiger partial charge in [-0.2, -0.15) is 4.98 Å². The van der Waals surface area contributed by atoms with Crippen LogP contribution < -0.4 is 5.32 Å². The van der Waals surface area contributed by atoms with Crippen molar-refractivity contribution in [1.29, 1.82) is 0 Å². The molecule has 0 bridgehead atoms. The fraction of sp³-hybridized carbons (Fsp3) is 0.682. The van der Waals surface area contributed by atoms with Gasteiger partial charge in [0.25, 0.3) is 0 Å². The highest BCUT2D eigenvalue weighted by molar-refractivity contribution is 5.77. The van der Waals surface area contributed by atoms with Crippen molar-refractivity contribution in [2.24, 2.45) is 0 Å². The van der Waals surface area contributed by atoms with Crippen LogP contribution in [0, 0.1) is 6.92 Å². The first-order valence-corrected chi connectivity index (χ1v) is 11.3. The summed E-state index contributed by atoms with van der Waals surface area (Å²) < 4.78 is 10.9. The van der Waals surface area contributed by atoms with E-state index in [4.69, 9.17) is 9.05 Å². The number of hydrogen-bond acceptors (Lipinski definition) is 7. The molecule has 1 saturated carbocycles. The number of aryl methyl sites for hydroxylation is 2. The average molecular weight is 430 g/mol. The predicted molar refractivity (Wildman–Crippen MR) is 111 cm³/mol. The second kappa shape index (κ2) is 9.20. The minimum Gasteiger partial charge on any atom is -0.359 e. The molecule has 0 spiro atoms. The number of aromatic nitrogens is 3. The largest absolute Gasteiger partial charge is 0.359 e. The van der Waals surface area contributed by atoms with Gasteiger partial charge in [-0.1, -0.05) is 36.0 Å². The summed E-state index contributed by atoms with van der Waals surface area (Å²) in [4.78, 5) is 31.2. The molecule has 1 N–H and O–H groups in total. The zero-order chi connectivity index (χ0) is 21.8. The first-order chi connectivity index (χ1) is 15.0. The third-order valence-electron chi connectivity index (χ3n) is 6.37. The molecule has 1 aliphatic carbocycles. The van der Waals surface area contributed by atoms with Crippen LogP contribution in [0.25, 0.3) is 0 Å². The van der Waals surface area contributed by atoms with Crippen molar-refractivity contribution in [3.8, 4) is 0 Å². The van der Waals surface area contributed by atoms with Gasteiger partial charge in [-0.3, -0.25) is 9.59 Å². The van der Waals surface area contributed by atoms with E-state index in [0.717, 1.165) is 62.8 Å². The van der Waals surface area contributed by atoms with E-state index in [-0.39, 0.29) is 17.9 Å². The highest BCUT2D eigenvalue weighted by Gasteiger charge is 2.38. The van der Waals surface area contributed by atoms with Crippen LogP contribution in [0.2, 0.25) is 0 Å². The highest BCUT2D eigenvalue weighted by atomic mass is 16.5. The van der Waals surface area contributed by atoms with Crippen LogP contribution in [0.1, 0.15) is 93.9 Å². The van der Waals surface area contributed by atoms with Crippen molar-refractivity contribution in [3.63, 3.8) is 0 Å². The molecule has 31 heavy (non-hydrogen) atoms. The summed E-state index contributed by atoms with van der Waals surface area (Å²) in [6.07, 6.45) is 8.40. The number of carbonyl (C=O) groups excluding carboxylic acids is 2. The maximum absolute atomic E-state index is 12.9. The molecule has 9 heteroatoms. The third-order valence-corrected chi connectivity index (χ3v) is 6.37. The lowest BCUT2D eigenvalue weighted by molar-refractivity contribution is -0.132. The zero-order valence-corrected chi connectivity index (χ0v) is 18.4. The van der Waals surface area contributed by atoms with Gasteiger partial charge in [0, 0.05) is 32.4 Å². The Balaban J connectivity index is 1.41. The maximum atomic E-state index is 12.9. The van der Waals surface area contributed by atoms with Crippen LogP contribution in [0.3, 0.4) is 0 Å². The van der Waals surface area contributed by atoms with Crippen LogP contribution >= 0.6 is 0 Å². The second-order valence-electron chi connectivity index (χ2n) is 8.81. The Bertz CT molecular complexity index is 913. The lowest BCUT2D eigenvalue weighted by Gasteiger charge is -2.30. The van der Waals surface area contributed by atoms with Crippen molar-refractivity contribution in [2.75, 3.05) is 6.54 Å². The van der Waals surface area contributed by atoms with Crippen LogP contribution in [-0.2, 0) is 21.5 Å². The Kier molecular flexibility index (Phi) is 6.38. The molecule has 168 valence electrons. The topological polar surface area (TPSA) is 114 Å². The Morgan fingerprint density at radius 1 is 1.16 bits per heavy atom. The Morgan fingerprint density at radius 2 is 1.94 bits per heavy atom. The predicted octanol–water partition coefficient (Wildman–Crippen LogP) is 3.35. The van der Waals surface area contributed by atoms with Gasteiger partial charge in [-0.05, 0) is 32.6 Å². The molecule has 2 aromatic heterocycles. The molecule has 4 rings (SSSR count). The van der Waals surface area contributed by atoms with Crippen molar-refractivity contribution in [3.05, 3.63) is 29.2 Å². The SMILES string of the molecule is CC(=O)NC1(c2noc(CCC(=O)N3CCCC3c3cc(C)no3)n2)CCCCCC1. The molecule has 3 heterocycles. The summed E-state index contributed by atoms with van der Waals surface area (Å²) in [5.41, 5.74) is 0.248. The molecule has 1 atom stereocenters. The number of amides is 2. The Labute approximate surface area is 181 Å². The quantitative estimate of drug-likeness (QED) is 0.700. The summed E-state index contributed by atoms with van der Waals surface area (Å²) in [7, 11) is 0. The summed E-state index contributed by atoms with van der Waals surface area (Å²) in [6.45, 7) is 4.11. The lowest BCUT2D eigenvalue weighted by Crippen LogP contribution is -2.45. The third kappa shape index (κ3) is 4.80. The van der Waals surface area contributed by atoms with E-state index in [1.807, 2.05) is 17.9 Å². The first-order valence-electron chi connectivity index (χ1n) is 11.3. The molecule has 2 aromatic rings. The molecular weight excluding hydrogens is 398 g/mol. The zero-order valence-electron chi connectivity index (χ0n) is 18.4. The lowest BCUT2D eigenvalue weighted by atomic mass is 9.89. The van der Waals surface area contributed by atoms with Gasteiger partial charge in [-0.25, -0.2) is 0 Å². The summed E-state index contributed by atoms with van der Waals surface area (Å²) in [6, 6.07) is 1.84. The molecular formula is C22H31N5O4. The Hall–Kier alpha value is -2.71. The molecule has 1 aliphatic heterocycles. The second-order valence-corrected chi connectivity index (χ2v) is 8.81. The van der Waals surface area contributed by atoms with Gasteiger partial charge in [-0.15, -0.1) is 0 Å². The maximum Gasteiger partial charge on any atom is 0.227 e. The van der Waals surface area contributed by atoms with E-state index < -0.39 is 5.54 Å². The van der Waals surface area contributed by atoms with Gasteiger partial charge < -0.3 is 19.3 Å². The summed E-state index contributed by atoms with van der Waals surface area (Å²) >= 11 is 0. The number of likely N-dealkylation sites (tertiary alicyclic amines) is 1. The number of nitrogens with zero attached hydrogens (tertiary/aromatic N) is 4. The number of nitrogens with one attached hydrogen (secondary N) is 1. The van der Waals surface area contributed by atoms with E-state index in [1.165, 1.54) is 6.92 Å². The van der Waals surface area contributed by atoms with E-state index in [9.17, 15) is 9.59 Å². The minimum atomic E-state index is -0.571. The average Bonchev–Trinajstić information content (AvgIpc) is 3.46. The van der Waals surface area contributed by atoms with Gasteiger partial charge in [0.2, 0.25) is 17.7 Å². The van der Waals surface area contributed by atoms with E-state index in [2.05, 4.69) is 20.6 Å². The van der Waals surface area contributed by atoms with Crippen LogP contribution in [-0.4, -0.2) is 38.6 Å². The van der Waals surface area contributed by atoms with Gasteiger partial charge >= 0.3 is 0 Å². The highest BCUT2D eigenvalue weighted by Crippen LogP contribution is 2.35. The smallest absolute Gasteiger partial charge is 0.227 e. The fourth-order valence-electron chi connectivity index (χ4n) is 4.88. The molecule has 2 fully saturated rings. The van der Waals surface area contributed by atoms with Crippen LogP contribution in [0.4, 0.5) is 0 Å². The van der Waals surface area contributed by atoms with Gasteiger partial charge in [0.05, 0.1) is 11.7 Å². The van der Waals surface area contributed by atoms with Gasteiger partial charge in [0.15, 0.2) is 11.6 Å². The van der Waals surface area contributed by atoms with Crippen LogP contribution in [0.5, 0.6) is 0 Å². The molecule has 1 saturated heterocycles. The van der Waals surface area contributed by atoms with Crippen molar-refractivity contribution >= 4 is 11.8 Å². The number of carbonyl (C=O) groups is 2.